The summed E-state index contributed by atoms with van der Waals surface area (Å²) in [6.07, 6.45) is 2.55. The van der Waals surface area contributed by atoms with E-state index in [9.17, 15) is 14.9 Å². The van der Waals surface area contributed by atoms with E-state index < -0.39 is 0 Å². The van der Waals surface area contributed by atoms with Crippen LogP contribution in [0, 0.1) is 24.2 Å². The normalized spacial score (nSPS) is 22.5. The van der Waals surface area contributed by atoms with Crippen LogP contribution in [0.3, 0.4) is 0 Å². The van der Waals surface area contributed by atoms with Gasteiger partial charge in [0.15, 0.2) is 0 Å². The average molecular weight is 489 g/mol. The second-order valence-electron chi connectivity index (χ2n) is 9.15. The van der Waals surface area contributed by atoms with E-state index in [2.05, 4.69) is 11.0 Å². The predicted octanol–water partition coefficient (Wildman–Crippen LogP) is 3.91. The van der Waals surface area contributed by atoms with E-state index in [1.54, 1.807) is 16.4 Å². The summed E-state index contributed by atoms with van der Waals surface area (Å²) in [6, 6.07) is 2.10. The van der Waals surface area contributed by atoms with E-state index in [4.69, 9.17) is 17.0 Å². The Morgan fingerprint density at radius 2 is 1.91 bits per heavy atom. The fourth-order valence-electron chi connectivity index (χ4n) is 4.42. The molecule has 2 saturated heterocycles. The second kappa shape index (κ2) is 10.4. The number of morpholine rings is 1. The quantitative estimate of drug-likeness (QED) is 0.444. The lowest BCUT2D eigenvalue weighted by Gasteiger charge is -2.39. The molecular formula is C24H32N4O3S2. The Labute approximate surface area is 205 Å². The van der Waals surface area contributed by atoms with E-state index in [1.165, 1.54) is 11.8 Å². The molecule has 1 aromatic rings. The van der Waals surface area contributed by atoms with E-state index in [0.717, 1.165) is 17.8 Å². The molecule has 0 bridgehead atoms. The monoisotopic (exact) mass is 488 g/mol. The van der Waals surface area contributed by atoms with Crippen LogP contribution >= 0.6 is 24.0 Å². The fourth-order valence-corrected chi connectivity index (χ4v) is 5.68. The van der Waals surface area contributed by atoms with Crippen molar-refractivity contribution < 1.29 is 9.53 Å². The minimum absolute atomic E-state index is 0.00743. The van der Waals surface area contributed by atoms with Crippen LogP contribution in [0.25, 0.3) is 6.08 Å². The van der Waals surface area contributed by atoms with E-state index in [0.29, 0.717) is 41.0 Å². The van der Waals surface area contributed by atoms with E-state index in [1.807, 2.05) is 40.7 Å². The molecule has 0 N–H and O–H groups in total. The molecule has 1 aromatic heterocycles. The van der Waals surface area contributed by atoms with Crippen LogP contribution in [0.5, 0.6) is 0 Å². The van der Waals surface area contributed by atoms with Crippen molar-refractivity contribution in [3.63, 3.8) is 0 Å². The molecule has 7 nitrogen and oxygen atoms in total. The maximum Gasteiger partial charge on any atom is 0.270 e. The number of ether oxygens (including phenoxy) is 1. The highest BCUT2D eigenvalue weighted by Gasteiger charge is 2.34. The summed E-state index contributed by atoms with van der Waals surface area (Å²) in [5.74, 6) is 0.908. The van der Waals surface area contributed by atoms with Crippen molar-refractivity contribution in [3.8, 4) is 6.07 Å². The first kappa shape index (κ1) is 25.5. The number of nitrogens with zero attached hydrogens (tertiary/aromatic N) is 4. The lowest BCUT2D eigenvalue weighted by Crippen LogP contribution is -2.48. The Hall–Kier alpha value is -2.15. The number of anilines is 1. The standard InChI is InChI=1S/C24H32N4O3S2/c1-7-8-27-21(26-12-15(4)31-16(5)13-26)18(17(6)19(10-25)22(27)29)9-20-23(30)28(11-14(2)3)24(32)33-20/h9,14-16H,7-8,11-13H2,1-6H3/b20-9-. The molecule has 178 valence electrons. The molecule has 2 fully saturated rings. The summed E-state index contributed by atoms with van der Waals surface area (Å²) in [5.41, 5.74) is 1.14. The summed E-state index contributed by atoms with van der Waals surface area (Å²) in [6.45, 7) is 14.2. The van der Waals surface area contributed by atoms with Gasteiger partial charge in [-0.05, 0) is 44.7 Å². The first-order chi connectivity index (χ1) is 15.6. The lowest BCUT2D eigenvalue weighted by atomic mass is 10.0. The maximum absolute atomic E-state index is 13.3. The lowest BCUT2D eigenvalue weighted by molar-refractivity contribution is -0.122. The predicted molar refractivity (Wildman–Crippen MR) is 137 cm³/mol. The molecular weight excluding hydrogens is 456 g/mol. The summed E-state index contributed by atoms with van der Waals surface area (Å²) in [7, 11) is 0. The Balaban J connectivity index is 2.24. The Morgan fingerprint density at radius 1 is 1.27 bits per heavy atom. The van der Waals surface area contributed by atoms with Crippen LogP contribution < -0.4 is 10.5 Å². The molecule has 2 aliphatic heterocycles. The maximum atomic E-state index is 13.3. The number of pyridine rings is 1. The van der Waals surface area contributed by atoms with Crippen LogP contribution in [0.2, 0.25) is 0 Å². The molecule has 33 heavy (non-hydrogen) atoms. The molecule has 1 amide bonds. The Morgan fingerprint density at radius 3 is 2.45 bits per heavy atom. The molecule has 2 unspecified atom stereocenters. The zero-order chi connectivity index (χ0) is 24.4. The number of hydrogen-bond donors (Lipinski definition) is 0. The van der Waals surface area contributed by atoms with Crippen molar-refractivity contribution in [2.24, 2.45) is 5.92 Å². The first-order valence-electron chi connectivity index (χ1n) is 11.4. The molecule has 9 heteroatoms. The zero-order valence-electron chi connectivity index (χ0n) is 20.2. The zero-order valence-corrected chi connectivity index (χ0v) is 21.8. The van der Waals surface area contributed by atoms with Crippen molar-refractivity contribution in [2.45, 2.75) is 66.7 Å². The molecule has 3 rings (SSSR count). The summed E-state index contributed by atoms with van der Waals surface area (Å²) in [5, 5.41) is 9.78. The fraction of sp³-hybridized carbons (Fsp3) is 0.583. The third kappa shape index (κ3) is 5.18. The van der Waals surface area contributed by atoms with Gasteiger partial charge in [-0.1, -0.05) is 44.8 Å². The summed E-state index contributed by atoms with van der Waals surface area (Å²) in [4.78, 5) is 30.8. The van der Waals surface area contributed by atoms with Crippen LogP contribution in [-0.4, -0.2) is 51.5 Å². The van der Waals surface area contributed by atoms with Gasteiger partial charge in [0, 0.05) is 31.7 Å². The average Bonchev–Trinajstić information content (AvgIpc) is 2.98. The van der Waals surface area contributed by atoms with Crippen LogP contribution in [-0.2, 0) is 16.1 Å². The smallest absolute Gasteiger partial charge is 0.270 e. The van der Waals surface area contributed by atoms with Crippen molar-refractivity contribution in [1.29, 1.82) is 5.26 Å². The largest absolute Gasteiger partial charge is 0.372 e. The number of thiocarbonyl (C=S) groups is 1. The van der Waals surface area contributed by atoms with E-state index in [-0.39, 0.29) is 35.2 Å². The molecule has 2 aliphatic rings. The highest BCUT2D eigenvalue weighted by Crippen LogP contribution is 2.36. The molecule has 2 atom stereocenters. The van der Waals surface area contributed by atoms with Crippen LogP contribution in [0.15, 0.2) is 9.70 Å². The minimum atomic E-state index is -0.289. The van der Waals surface area contributed by atoms with Gasteiger partial charge in [-0.25, -0.2) is 0 Å². The van der Waals surface area contributed by atoms with Crippen LogP contribution in [0.4, 0.5) is 5.82 Å². The summed E-state index contributed by atoms with van der Waals surface area (Å²) >= 11 is 6.76. The minimum Gasteiger partial charge on any atom is -0.372 e. The van der Waals surface area contributed by atoms with Gasteiger partial charge in [-0.2, -0.15) is 5.26 Å². The Bertz CT molecular complexity index is 1080. The van der Waals surface area contributed by atoms with Crippen molar-refractivity contribution in [3.05, 3.63) is 31.9 Å². The number of rotatable bonds is 6. The molecule has 0 aliphatic carbocycles. The first-order valence-corrected chi connectivity index (χ1v) is 12.6. The number of amides is 1. The Kier molecular flexibility index (Phi) is 8.04. The third-order valence-electron chi connectivity index (χ3n) is 5.71. The number of thioether (sulfide) groups is 1. The van der Waals surface area contributed by atoms with Crippen molar-refractivity contribution in [1.82, 2.24) is 9.47 Å². The molecule has 0 saturated carbocycles. The van der Waals surface area contributed by atoms with Crippen molar-refractivity contribution in [2.75, 3.05) is 24.5 Å². The SMILES string of the molecule is CCCn1c(N2CC(C)OC(C)C2)c(/C=C2\SC(=S)N(CC(C)C)C2=O)c(C)c(C#N)c1=O. The number of carbonyl (C=O) groups excluding carboxylic acids is 1. The van der Waals surface area contributed by atoms with Gasteiger partial charge in [0.2, 0.25) is 0 Å². The molecule has 0 aromatic carbocycles. The van der Waals surface area contributed by atoms with Gasteiger partial charge in [-0.3, -0.25) is 19.1 Å². The van der Waals surface area contributed by atoms with Gasteiger partial charge < -0.3 is 9.64 Å². The molecule has 0 spiro atoms. The molecule has 0 radical (unpaired) electrons. The second-order valence-corrected chi connectivity index (χ2v) is 10.8. The highest BCUT2D eigenvalue weighted by molar-refractivity contribution is 8.26. The summed E-state index contributed by atoms with van der Waals surface area (Å²) < 4.78 is 8.15. The number of hydrogen-bond acceptors (Lipinski definition) is 7. The molecule has 3 heterocycles. The van der Waals surface area contributed by atoms with Gasteiger partial charge >= 0.3 is 0 Å². The van der Waals surface area contributed by atoms with Gasteiger partial charge in [0.25, 0.3) is 11.5 Å². The highest BCUT2D eigenvalue weighted by atomic mass is 32.2. The topological polar surface area (TPSA) is 78.6 Å². The van der Waals surface area contributed by atoms with Crippen molar-refractivity contribution >= 4 is 46.1 Å². The van der Waals surface area contributed by atoms with Crippen LogP contribution in [0.1, 0.15) is 57.7 Å². The number of nitriles is 1. The van der Waals surface area contributed by atoms with Gasteiger partial charge in [-0.15, -0.1) is 0 Å². The number of aromatic nitrogens is 1. The number of carbonyl (C=O) groups is 1. The van der Waals surface area contributed by atoms with E-state index >= 15 is 0 Å². The van der Waals surface area contributed by atoms with Gasteiger partial charge in [0.05, 0.1) is 17.1 Å². The van der Waals surface area contributed by atoms with Gasteiger partial charge in [0.1, 0.15) is 21.8 Å². The third-order valence-corrected chi connectivity index (χ3v) is 7.09.